The molecule has 0 spiro atoms. The normalized spacial score (nSPS) is 19.2. The molecule has 1 aromatic heterocycles. The Bertz CT molecular complexity index is 384. The summed E-state index contributed by atoms with van der Waals surface area (Å²) in [7, 11) is 0. The van der Waals surface area contributed by atoms with E-state index in [1.807, 2.05) is 13.8 Å². The van der Waals surface area contributed by atoms with Crippen molar-refractivity contribution in [2.45, 2.75) is 45.8 Å². The molecule has 1 aromatic rings. The molecule has 0 aromatic carbocycles. The summed E-state index contributed by atoms with van der Waals surface area (Å²) in [4.78, 5) is 8.22. The lowest BCUT2D eigenvalue weighted by Gasteiger charge is -2.31. The van der Waals surface area contributed by atoms with Crippen molar-refractivity contribution in [3.63, 3.8) is 0 Å². The average Bonchev–Trinajstić information content (AvgIpc) is 2.73. The second-order valence-electron chi connectivity index (χ2n) is 4.88. The summed E-state index contributed by atoms with van der Waals surface area (Å²) in [5.41, 5.74) is 7.03. The molecule has 0 saturated carbocycles. The van der Waals surface area contributed by atoms with E-state index in [2.05, 4.69) is 16.8 Å². The minimum atomic E-state index is 0.0808. The number of ether oxygens (including phenoxy) is 1. The largest absolute Gasteiger partial charge is 0.378 e. The summed E-state index contributed by atoms with van der Waals surface area (Å²) in [5, 5.41) is 1.12. The number of rotatable bonds is 4. The summed E-state index contributed by atoms with van der Waals surface area (Å²) in [5.74, 6) is 0. The van der Waals surface area contributed by atoms with Crippen LogP contribution in [0.25, 0.3) is 0 Å². The molecule has 2 heterocycles. The van der Waals surface area contributed by atoms with Crippen LogP contribution in [0.4, 0.5) is 5.13 Å². The molecule has 1 saturated heterocycles. The minimum Gasteiger partial charge on any atom is -0.378 e. The van der Waals surface area contributed by atoms with Crippen LogP contribution >= 0.6 is 11.3 Å². The van der Waals surface area contributed by atoms with Crippen LogP contribution in [-0.4, -0.2) is 30.8 Å². The highest BCUT2D eigenvalue weighted by Gasteiger charge is 2.22. The lowest BCUT2D eigenvalue weighted by Crippen LogP contribution is -2.37. The first-order chi connectivity index (χ1) is 8.61. The van der Waals surface area contributed by atoms with Crippen molar-refractivity contribution in [3.05, 3.63) is 10.6 Å². The van der Waals surface area contributed by atoms with Crippen molar-refractivity contribution in [1.29, 1.82) is 0 Å². The van der Waals surface area contributed by atoms with E-state index in [1.54, 1.807) is 11.3 Å². The number of thiazole rings is 1. The van der Waals surface area contributed by atoms with Gasteiger partial charge in [0, 0.05) is 30.6 Å². The predicted molar refractivity (Wildman–Crippen MR) is 76.3 cm³/mol. The molecule has 5 heteroatoms. The van der Waals surface area contributed by atoms with Gasteiger partial charge in [-0.3, -0.25) is 0 Å². The Kier molecular flexibility index (Phi) is 4.59. The molecule has 1 atom stereocenters. The molecule has 0 bridgehead atoms. The molecule has 102 valence electrons. The highest BCUT2D eigenvalue weighted by atomic mass is 32.1. The van der Waals surface area contributed by atoms with Gasteiger partial charge in [-0.05, 0) is 33.6 Å². The molecule has 1 unspecified atom stereocenters. The predicted octanol–water partition coefficient (Wildman–Crippen LogP) is 2.48. The van der Waals surface area contributed by atoms with Crippen LogP contribution in [0.15, 0.2) is 0 Å². The number of anilines is 1. The van der Waals surface area contributed by atoms with Gasteiger partial charge >= 0.3 is 0 Å². The van der Waals surface area contributed by atoms with Crippen molar-refractivity contribution in [3.8, 4) is 0 Å². The van der Waals surface area contributed by atoms with Gasteiger partial charge in [0.2, 0.25) is 0 Å². The first-order valence-corrected chi connectivity index (χ1v) is 7.53. The summed E-state index contributed by atoms with van der Waals surface area (Å²) in [6.45, 7) is 9.02. The van der Waals surface area contributed by atoms with Gasteiger partial charge in [-0.15, -0.1) is 11.3 Å². The van der Waals surface area contributed by atoms with Gasteiger partial charge in [0.05, 0.1) is 11.8 Å². The van der Waals surface area contributed by atoms with Crippen molar-refractivity contribution in [2.75, 3.05) is 24.6 Å². The molecule has 1 aliphatic heterocycles. The van der Waals surface area contributed by atoms with Gasteiger partial charge in [-0.2, -0.15) is 0 Å². The zero-order chi connectivity index (χ0) is 13.1. The van der Waals surface area contributed by atoms with E-state index in [-0.39, 0.29) is 6.04 Å². The minimum absolute atomic E-state index is 0.0808. The van der Waals surface area contributed by atoms with E-state index in [1.165, 1.54) is 4.88 Å². The van der Waals surface area contributed by atoms with E-state index < -0.39 is 0 Å². The molecular formula is C13H23N3OS. The summed E-state index contributed by atoms with van der Waals surface area (Å²) < 4.78 is 5.67. The van der Waals surface area contributed by atoms with Crippen LogP contribution in [0.1, 0.15) is 43.3 Å². The van der Waals surface area contributed by atoms with Crippen molar-refractivity contribution >= 4 is 16.5 Å². The highest BCUT2D eigenvalue weighted by Crippen LogP contribution is 2.31. The first kappa shape index (κ1) is 13.8. The monoisotopic (exact) mass is 269 g/mol. The topological polar surface area (TPSA) is 51.4 Å². The Morgan fingerprint density at radius 2 is 2.17 bits per heavy atom. The molecule has 0 aliphatic carbocycles. The summed E-state index contributed by atoms with van der Waals surface area (Å²) >= 11 is 1.74. The number of hydrogen-bond donors (Lipinski definition) is 1. The Labute approximate surface area is 113 Å². The van der Waals surface area contributed by atoms with E-state index in [0.29, 0.717) is 6.10 Å². The maximum Gasteiger partial charge on any atom is 0.185 e. The zero-order valence-corrected chi connectivity index (χ0v) is 12.3. The Morgan fingerprint density at radius 1 is 1.50 bits per heavy atom. The van der Waals surface area contributed by atoms with Crippen molar-refractivity contribution in [1.82, 2.24) is 4.98 Å². The summed E-state index contributed by atoms with van der Waals surface area (Å²) in [6.07, 6.45) is 2.63. The molecular weight excluding hydrogens is 246 g/mol. The lowest BCUT2D eigenvalue weighted by molar-refractivity contribution is 0.0459. The second kappa shape index (κ2) is 5.99. The number of piperidine rings is 1. The average molecular weight is 269 g/mol. The van der Waals surface area contributed by atoms with Crippen molar-refractivity contribution < 1.29 is 4.74 Å². The third-order valence-electron chi connectivity index (χ3n) is 3.35. The third-order valence-corrected chi connectivity index (χ3v) is 4.77. The van der Waals surface area contributed by atoms with E-state index >= 15 is 0 Å². The van der Waals surface area contributed by atoms with Crippen LogP contribution in [0, 0.1) is 6.92 Å². The maximum atomic E-state index is 5.95. The SMILES string of the molecule is CCOC1CCN(c2nc(C)c(C(C)N)s2)CC1. The molecule has 1 fully saturated rings. The van der Waals surface area contributed by atoms with E-state index in [9.17, 15) is 0 Å². The maximum absolute atomic E-state index is 5.95. The quantitative estimate of drug-likeness (QED) is 0.912. The Hall–Kier alpha value is -0.650. The lowest BCUT2D eigenvalue weighted by atomic mass is 10.1. The summed E-state index contributed by atoms with van der Waals surface area (Å²) in [6, 6.07) is 0.0808. The van der Waals surface area contributed by atoms with Crippen LogP contribution in [-0.2, 0) is 4.74 Å². The van der Waals surface area contributed by atoms with E-state index in [0.717, 1.165) is 43.4 Å². The van der Waals surface area contributed by atoms with Gasteiger partial charge in [-0.25, -0.2) is 4.98 Å². The van der Waals surface area contributed by atoms with Gasteiger partial charge in [0.1, 0.15) is 0 Å². The van der Waals surface area contributed by atoms with Gasteiger partial charge in [0.15, 0.2) is 5.13 Å². The van der Waals surface area contributed by atoms with Gasteiger partial charge in [-0.1, -0.05) is 0 Å². The number of nitrogens with two attached hydrogens (primary N) is 1. The van der Waals surface area contributed by atoms with Crippen LogP contribution < -0.4 is 10.6 Å². The van der Waals surface area contributed by atoms with Gasteiger partial charge < -0.3 is 15.4 Å². The fourth-order valence-electron chi connectivity index (χ4n) is 2.40. The number of aromatic nitrogens is 1. The van der Waals surface area contributed by atoms with E-state index in [4.69, 9.17) is 10.5 Å². The second-order valence-corrected chi connectivity index (χ2v) is 5.89. The first-order valence-electron chi connectivity index (χ1n) is 6.71. The van der Waals surface area contributed by atoms with Crippen LogP contribution in [0.3, 0.4) is 0 Å². The van der Waals surface area contributed by atoms with Crippen LogP contribution in [0.2, 0.25) is 0 Å². The van der Waals surface area contributed by atoms with Gasteiger partial charge in [0.25, 0.3) is 0 Å². The number of nitrogens with zero attached hydrogens (tertiary/aromatic N) is 2. The third kappa shape index (κ3) is 3.02. The molecule has 2 N–H and O–H groups in total. The molecule has 4 nitrogen and oxygen atoms in total. The molecule has 1 aliphatic rings. The molecule has 2 rings (SSSR count). The fraction of sp³-hybridized carbons (Fsp3) is 0.769. The fourth-order valence-corrected chi connectivity index (χ4v) is 3.47. The molecule has 0 amide bonds. The number of hydrogen-bond acceptors (Lipinski definition) is 5. The zero-order valence-electron chi connectivity index (χ0n) is 11.5. The highest BCUT2D eigenvalue weighted by molar-refractivity contribution is 7.15. The molecule has 18 heavy (non-hydrogen) atoms. The number of aryl methyl sites for hydroxylation is 1. The smallest absolute Gasteiger partial charge is 0.185 e. The van der Waals surface area contributed by atoms with Crippen molar-refractivity contribution in [2.24, 2.45) is 5.73 Å². The van der Waals surface area contributed by atoms with Crippen LogP contribution in [0.5, 0.6) is 0 Å². The Balaban J connectivity index is 1.99. The standard InChI is InChI=1S/C13H23N3OS/c1-4-17-11-5-7-16(8-6-11)13-15-10(3)12(18-13)9(2)14/h9,11H,4-8,14H2,1-3H3. The molecule has 0 radical (unpaired) electrons. The Morgan fingerprint density at radius 3 is 2.67 bits per heavy atom.